The third-order valence-corrected chi connectivity index (χ3v) is 5.00. The lowest BCUT2D eigenvalue weighted by molar-refractivity contribution is -0.152. The fourth-order valence-electron chi connectivity index (χ4n) is 3.67. The van der Waals surface area contributed by atoms with Gasteiger partial charge in [-0.05, 0) is 55.7 Å². The van der Waals surface area contributed by atoms with Gasteiger partial charge < -0.3 is 10.1 Å². The van der Waals surface area contributed by atoms with Crippen molar-refractivity contribution in [2.75, 3.05) is 11.9 Å². The molecule has 1 unspecified atom stereocenters. The van der Waals surface area contributed by atoms with Crippen LogP contribution < -0.4 is 10.9 Å². The first-order valence-corrected chi connectivity index (χ1v) is 9.78. The van der Waals surface area contributed by atoms with E-state index in [9.17, 15) is 14.4 Å². The van der Waals surface area contributed by atoms with E-state index < -0.39 is 11.9 Å². The van der Waals surface area contributed by atoms with Gasteiger partial charge in [0.25, 0.3) is 5.56 Å². The molecule has 30 heavy (non-hydrogen) atoms. The molecule has 2 aromatic carbocycles. The van der Waals surface area contributed by atoms with Crippen LogP contribution in [-0.2, 0) is 14.3 Å². The van der Waals surface area contributed by atoms with E-state index in [1.54, 1.807) is 29.7 Å². The normalized spacial score (nSPS) is 16.5. The molecular formula is C23H21N3O4. The molecule has 0 saturated heterocycles. The van der Waals surface area contributed by atoms with Crippen molar-refractivity contribution in [3.63, 3.8) is 0 Å². The van der Waals surface area contributed by atoms with Crippen molar-refractivity contribution < 1.29 is 14.3 Å². The van der Waals surface area contributed by atoms with Crippen molar-refractivity contribution in [1.82, 2.24) is 9.55 Å². The van der Waals surface area contributed by atoms with E-state index in [-0.39, 0.29) is 18.2 Å². The van der Waals surface area contributed by atoms with Crippen LogP contribution in [0.15, 0.2) is 53.3 Å². The number of allylic oxidation sites excluding steroid dienone is 1. The van der Waals surface area contributed by atoms with E-state index in [0.29, 0.717) is 28.8 Å². The van der Waals surface area contributed by atoms with E-state index in [1.165, 1.54) is 0 Å². The van der Waals surface area contributed by atoms with Crippen LogP contribution in [0.3, 0.4) is 0 Å². The van der Waals surface area contributed by atoms with E-state index in [2.05, 4.69) is 5.32 Å². The Bertz CT molecular complexity index is 1230. The number of amides is 1. The van der Waals surface area contributed by atoms with Gasteiger partial charge in [0.2, 0.25) is 0 Å². The smallest absolute Gasteiger partial charge is 0.397 e. The lowest BCUT2D eigenvalue weighted by Crippen LogP contribution is -2.25. The van der Waals surface area contributed by atoms with Gasteiger partial charge in [-0.1, -0.05) is 30.3 Å². The molecular weight excluding hydrogens is 382 g/mol. The summed E-state index contributed by atoms with van der Waals surface area (Å²) in [5, 5.41) is 2.95. The number of ether oxygens (including phenoxy) is 1. The van der Waals surface area contributed by atoms with Gasteiger partial charge in [0.1, 0.15) is 5.82 Å². The summed E-state index contributed by atoms with van der Waals surface area (Å²) in [6, 6.07) is 14.7. The van der Waals surface area contributed by atoms with E-state index in [4.69, 9.17) is 9.72 Å². The van der Waals surface area contributed by atoms with Gasteiger partial charge in [0.15, 0.2) is 0 Å². The number of carbonyl (C=O) groups excluding carboxylic acids is 2. The summed E-state index contributed by atoms with van der Waals surface area (Å²) in [5.41, 5.74) is 2.73. The Balaban J connectivity index is 1.76. The molecule has 0 saturated carbocycles. The van der Waals surface area contributed by atoms with E-state index >= 15 is 0 Å². The third-order valence-electron chi connectivity index (χ3n) is 5.00. The lowest BCUT2D eigenvalue weighted by atomic mass is 10.1. The maximum Gasteiger partial charge on any atom is 0.397 e. The van der Waals surface area contributed by atoms with Crippen molar-refractivity contribution >= 4 is 40.1 Å². The third kappa shape index (κ3) is 3.61. The number of hydrogen-bond acceptors (Lipinski definition) is 5. The predicted molar refractivity (Wildman–Crippen MR) is 115 cm³/mol. The van der Waals surface area contributed by atoms with Crippen molar-refractivity contribution in [1.29, 1.82) is 0 Å². The van der Waals surface area contributed by atoms with Gasteiger partial charge in [0.05, 0.1) is 17.5 Å². The number of rotatable bonds is 3. The van der Waals surface area contributed by atoms with Crippen LogP contribution in [0, 0.1) is 0 Å². The Hall–Kier alpha value is -3.74. The van der Waals surface area contributed by atoms with Crippen LogP contribution in [0.2, 0.25) is 0 Å². The average molecular weight is 403 g/mol. The number of carbonyl (C=O) groups is 2. The van der Waals surface area contributed by atoms with Gasteiger partial charge in [-0.2, -0.15) is 0 Å². The molecule has 1 aliphatic rings. The largest absolute Gasteiger partial charge is 0.459 e. The predicted octanol–water partition coefficient (Wildman–Crippen LogP) is 3.40. The van der Waals surface area contributed by atoms with Crippen LogP contribution in [0.1, 0.15) is 37.7 Å². The summed E-state index contributed by atoms with van der Waals surface area (Å²) >= 11 is 0. The molecule has 2 heterocycles. The Morgan fingerprint density at radius 1 is 1.23 bits per heavy atom. The molecule has 1 N–H and O–H groups in total. The summed E-state index contributed by atoms with van der Waals surface area (Å²) in [6.07, 6.45) is 2.75. The Labute approximate surface area is 173 Å². The standard InChI is InChI=1S/C23H21N3O4/c1-3-30-23(29)21(27)24-17-9-10-18-19(13-17)25-20-16(11-14(2)26(20)22(18)28)12-15-7-5-4-6-8-15/h4-10,12-14H,3,11H2,1-2H3,(H,24,27). The highest BCUT2D eigenvalue weighted by Crippen LogP contribution is 2.34. The summed E-state index contributed by atoms with van der Waals surface area (Å²) in [7, 11) is 0. The molecule has 0 bridgehead atoms. The van der Waals surface area contributed by atoms with Gasteiger partial charge in [-0.25, -0.2) is 9.78 Å². The van der Waals surface area contributed by atoms with Crippen LogP contribution in [0.4, 0.5) is 5.69 Å². The first-order chi connectivity index (χ1) is 14.5. The zero-order chi connectivity index (χ0) is 21.3. The summed E-state index contributed by atoms with van der Waals surface area (Å²) < 4.78 is 6.41. The molecule has 1 aromatic heterocycles. The molecule has 7 nitrogen and oxygen atoms in total. The second-order valence-corrected chi connectivity index (χ2v) is 7.15. The quantitative estimate of drug-likeness (QED) is 0.535. The zero-order valence-corrected chi connectivity index (χ0v) is 16.7. The average Bonchev–Trinajstić information content (AvgIpc) is 3.04. The van der Waals surface area contributed by atoms with Crippen LogP contribution in [0.5, 0.6) is 0 Å². The molecule has 152 valence electrons. The highest BCUT2D eigenvalue weighted by atomic mass is 16.5. The highest BCUT2D eigenvalue weighted by Gasteiger charge is 2.27. The molecule has 1 amide bonds. The Morgan fingerprint density at radius 2 is 2.00 bits per heavy atom. The van der Waals surface area contributed by atoms with Gasteiger partial charge in [-0.3, -0.25) is 14.2 Å². The summed E-state index contributed by atoms with van der Waals surface area (Å²) in [6.45, 7) is 3.74. The maximum absolute atomic E-state index is 13.1. The van der Waals surface area contributed by atoms with Crippen LogP contribution >= 0.6 is 0 Å². The van der Waals surface area contributed by atoms with Gasteiger partial charge in [-0.15, -0.1) is 0 Å². The SMILES string of the molecule is CCOC(=O)C(=O)Nc1ccc2c(=O)n3c(nc2c1)C(=Cc1ccccc1)CC3C. The molecule has 3 aromatic rings. The number of aromatic nitrogens is 2. The molecule has 1 aliphatic heterocycles. The zero-order valence-electron chi connectivity index (χ0n) is 16.7. The number of hydrogen-bond donors (Lipinski definition) is 1. The first kappa shape index (κ1) is 19.6. The van der Waals surface area contributed by atoms with E-state index in [1.807, 2.05) is 43.3 Å². The second kappa shape index (κ2) is 7.94. The van der Waals surface area contributed by atoms with Crippen molar-refractivity contribution in [2.45, 2.75) is 26.3 Å². The fraction of sp³-hybridized carbons (Fsp3) is 0.217. The minimum Gasteiger partial charge on any atom is -0.459 e. The minimum atomic E-state index is -0.957. The van der Waals surface area contributed by atoms with Crippen LogP contribution in [-0.4, -0.2) is 28.0 Å². The van der Waals surface area contributed by atoms with Gasteiger partial charge in [0, 0.05) is 11.7 Å². The number of esters is 1. The number of fused-ring (bicyclic) bond motifs is 2. The molecule has 7 heteroatoms. The number of nitrogens with zero attached hydrogens (tertiary/aromatic N) is 2. The summed E-state index contributed by atoms with van der Waals surface area (Å²) in [4.78, 5) is 41.3. The van der Waals surface area contributed by atoms with Crippen LogP contribution in [0.25, 0.3) is 22.6 Å². The molecule has 0 spiro atoms. The number of anilines is 1. The lowest BCUT2D eigenvalue weighted by Gasteiger charge is -2.10. The van der Waals surface area contributed by atoms with Crippen molar-refractivity contribution in [2.24, 2.45) is 0 Å². The van der Waals surface area contributed by atoms with E-state index in [0.717, 1.165) is 11.1 Å². The van der Waals surface area contributed by atoms with Gasteiger partial charge >= 0.3 is 11.9 Å². The minimum absolute atomic E-state index is 0.00237. The molecule has 0 aliphatic carbocycles. The monoisotopic (exact) mass is 403 g/mol. The molecule has 4 rings (SSSR count). The maximum atomic E-state index is 13.1. The second-order valence-electron chi connectivity index (χ2n) is 7.15. The van der Waals surface area contributed by atoms with Crippen molar-refractivity contribution in [3.8, 4) is 0 Å². The first-order valence-electron chi connectivity index (χ1n) is 9.78. The topological polar surface area (TPSA) is 90.3 Å². The number of nitrogens with one attached hydrogen (secondary N) is 1. The molecule has 0 fully saturated rings. The highest BCUT2D eigenvalue weighted by molar-refractivity contribution is 6.37. The summed E-state index contributed by atoms with van der Waals surface area (Å²) in [5.74, 6) is -1.20. The molecule has 0 radical (unpaired) electrons. The number of benzene rings is 2. The fourth-order valence-corrected chi connectivity index (χ4v) is 3.67. The Kier molecular flexibility index (Phi) is 5.18. The van der Waals surface area contributed by atoms with Crippen molar-refractivity contribution in [3.05, 3.63) is 70.3 Å². The Morgan fingerprint density at radius 3 is 2.73 bits per heavy atom. The molecule has 1 atom stereocenters.